The Morgan fingerprint density at radius 1 is 0.339 bits per heavy atom. The SMILES string of the molecule is Cc1cccc(N(c2ccccc2)c2ccc3cc4c(cc3c2)oc2cc3c(cc24)oc2cc4cc(N(c5ccccc5)c5cccc([Si](C)(C)C)c5)ccc4cc23)c1. The topological polar surface area (TPSA) is 32.8 Å². The molecule has 0 fully saturated rings. The van der Waals surface area contributed by atoms with E-state index in [-0.39, 0.29) is 0 Å². The Bertz CT molecular complexity index is 3400. The van der Waals surface area contributed by atoms with Crippen molar-refractivity contribution >= 4 is 113 Å². The molecule has 59 heavy (non-hydrogen) atoms. The minimum absolute atomic E-state index is 0.853. The van der Waals surface area contributed by atoms with Crippen LogP contribution >= 0.6 is 0 Å². The third-order valence-corrected chi connectivity index (χ3v) is 13.8. The summed E-state index contributed by atoms with van der Waals surface area (Å²) in [5.74, 6) is 0. The van der Waals surface area contributed by atoms with E-state index in [1.54, 1.807) is 0 Å². The Kier molecular flexibility index (Phi) is 8.04. The monoisotopic (exact) mass is 778 g/mol. The maximum absolute atomic E-state index is 6.68. The number of benzene rings is 9. The van der Waals surface area contributed by atoms with Gasteiger partial charge in [0.2, 0.25) is 0 Å². The quantitative estimate of drug-likeness (QED) is 0.151. The van der Waals surface area contributed by atoms with Crippen LogP contribution in [-0.4, -0.2) is 8.07 Å². The lowest BCUT2D eigenvalue weighted by atomic mass is 10.0. The van der Waals surface area contributed by atoms with Gasteiger partial charge in [-0.2, -0.15) is 0 Å². The third-order valence-electron chi connectivity index (χ3n) is 11.7. The molecule has 284 valence electrons. The van der Waals surface area contributed by atoms with E-state index in [0.717, 1.165) is 93.9 Å². The van der Waals surface area contributed by atoms with E-state index >= 15 is 0 Å². The lowest BCUT2D eigenvalue weighted by molar-refractivity contribution is 0.664. The molecule has 2 heterocycles. The van der Waals surface area contributed by atoms with Crippen LogP contribution in [0.15, 0.2) is 191 Å². The lowest BCUT2D eigenvalue weighted by Gasteiger charge is -2.27. The maximum Gasteiger partial charge on any atom is 0.136 e. The number of anilines is 6. The minimum Gasteiger partial charge on any atom is -0.456 e. The fourth-order valence-corrected chi connectivity index (χ4v) is 9.89. The average molecular weight is 779 g/mol. The summed E-state index contributed by atoms with van der Waals surface area (Å²) in [6.45, 7) is 9.34. The molecule has 0 bridgehead atoms. The van der Waals surface area contributed by atoms with Crippen molar-refractivity contribution in [3.8, 4) is 0 Å². The second kappa shape index (κ2) is 13.5. The highest BCUT2D eigenvalue weighted by atomic mass is 28.3. The van der Waals surface area contributed by atoms with Gasteiger partial charge in [0, 0.05) is 55.7 Å². The minimum atomic E-state index is -1.52. The van der Waals surface area contributed by atoms with Crippen LogP contribution in [0, 0.1) is 6.92 Å². The van der Waals surface area contributed by atoms with Gasteiger partial charge in [-0.15, -0.1) is 0 Å². The van der Waals surface area contributed by atoms with E-state index < -0.39 is 8.07 Å². The van der Waals surface area contributed by atoms with Crippen LogP contribution in [0.2, 0.25) is 19.6 Å². The van der Waals surface area contributed by atoms with E-state index in [0.29, 0.717) is 0 Å². The second-order valence-electron chi connectivity index (χ2n) is 16.8. The molecular weight excluding hydrogens is 737 g/mol. The summed E-state index contributed by atoms with van der Waals surface area (Å²) in [4.78, 5) is 4.67. The first-order valence-electron chi connectivity index (χ1n) is 20.3. The van der Waals surface area contributed by atoms with Crippen molar-refractivity contribution in [3.63, 3.8) is 0 Å². The predicted molar refractivity (Wildman–Crippen MR) is 253 cm³/mol. The van der Waals surface area contributed by atoms with Crippen molar-refractivity contribution in [2.45, 2.75) is 26.6 Å². The zero-order valence-electron chi connectivity index (χ0n) is 33.5. The van der Waals surface area contributed by atoms with Gasteiger partial charge in [0.1, 0.15) is 22.3 Å². The highest BCUT2D eigenvalue weighted by Crippen LogP contribution is 2.42. The van der Waals surface area contributed by atoms with E-state index in [1.807, 2.05) is 0 Å². The van der Waals surface area contributed by atoms with Crippen molar-refractivity contribution in [3.05, 3.63) is 188 Å². The number of rotatable bonds is 7. The van der Waals surface area contributed by atoms with Gasteiger partial charge in [-0.1, -0.05) is 97.6 Å². The van der Waals surface area contributed by atoms with Gasteiger partial charge in [-0.3, -0.25) is 0 Å². The first-order chi connectivity index (χ1) is 28.7. The van der Waals surface area contributed by atoms with Gasteiger partial charge < -0.3 is 18.6 Å². The molecule has 9 aromatic carbocycles. The van der Waals surface area contributed by atoms with Crippen molar-refractivity contribution in [2.24, 2.45) is 0 Å². The van der Waals surface area contributed by atoms with Gasteiger partial charge in [0.25, 0.3) is 0 Å². The van der Waals surface area contributed by atoms with Gasteiger partial charge in [0.05, 0.1) is 8.07 Å². The third kappa shape index (κ3) is 6.14. The standard InChI is InChI=1S/C54H42N2O2Si/c1-35-13-11-18-42(25-35)55(40-14-7-5-8-15-40)44-23-21-36-28-47-49-33-54-50(34-53(49)57-51(47)30-38(36)26-44)48-29-37-22-24-45(27-39(37)31-52(48)58-54)56(41-16-9-6-10-17-41)43-19-12-20-46(32-43)59(2,3)4/h5-34H,1-4H3. The Hall–Kier alpha value is -7.08. The number of para-hydroxylation sites is 2. The zero-order chi connectivity index (χ0) is 39.8. The fraction of sp³-hybridized carbons (Fsp3) is 0.0741. The van der Waals surface area contributed by atoms with Crippen LogP contribution in [-0.2, 0) is 0 Å². The zero-order valence-corrected chi connectivity index (χ0v) is 34.5. The Balaban J connectivity index is 1.000. The highest BCUT2D eigenvalue weighted by molar-refractivity contribution is 6.88. The Labute approximate surface area is 344 Å². The largest absolute Gasteiger partial charge is 0.456 e. The summed E-state index contributed by atoms with van der Waals surface area (Å²) >= 11 is 0. The molecule has 0 N–H and O–H groups in total. The lowest BCUT2D eigenvalue weighted by Crippen LogP contribution is -2.37. The number of hydrogen-bond acceptors (Lipinski definition) is 4. The number of nitrogens with zero attached hydrogens (tertiary/aromatic N) is 2. The molecule has 0 amide bonds. The molecule has 5 heteroatoms. The summed E-state index contributed by atoms with van der Waals surface area (Å²) < 4.78 is 13.3. The van der Waals surface area contributed by atoms with Crippen LogP contribution in [0.5, 0.6) is 0 Å². The van der Waals surface area contributed by atoms with E-state index in [9.17, 15) is 0 Å². The van der Waals surface area contributed by atoms with E-state index in [2.05, 4.69) is 218 Å². The highest BCUT2D eigenvalue weighted by Gasteiger charge is 2.21. The van der Waals surface area contributed by atoms with Crippen molar-refractivity contribution < 1.29 is 8.83 Å². The van der Waals surface area contributed by atoms with E-state index in [1.165, 1.54) is 16.4 Å². The predicted octanol–water partition coefficient (Wildman–Crippen LogP) is 15.6. The van der Waals surface area contributed by atoms with Crippen LogP contribution in [0.3, 0.4) is 0 Å². The molecule has 0 aliphatic heterocycles. The normalized spacial score (nSPS) is 12.1. The van der Waals surface area contributed by atoms with Gasteiger partial charge in [-0.05, 0) is 143 Å². The molecule has 0 unspecified atom stereocenters. The molecule has 0 saturated carbocycles. The molecule has 0 radical (unpaired) electrons. The smallest absolute Gasteiger partial charge is 0.136 e. The van der Waals surface area contributed by atoms with Crippen molar-refractivity contribution in [1.82, 2.24) is 0 Å². The van der Waals surface area contributed by atoms with Crippen molar-refractivity contribution in [2.75, 3.05) is 9.80 Å². The Morgan fingerprint density at radius 2 is 0.763 bits per heavy atom. The van der Waals surface area contributed by atoms with Crippen LogP contribution in [0.1, 0.15) is 5.56 Å². The number of aryl methyl sites for hydroxylation is 1. The summed E-state index contributed by atoms with van der Waals surface area (Å²) in [6.07, 6.45) is 0. The average Bonchev–Trinajstić information content (AvgIpc) is 3.77. The molecular formula is C54H42N2O2Si. The molecule has 11 aromatic rings. The van der Waals surface area contributed by atoms with Crippen LogP contribution in [0.4, 0.5) is 34.1 Å². The molecule has 0 aliphatic rings. The van der Waals surface area contributed by atoms with Crippen molar-refractivity contribution in [1.29, 1.82) is 0 Å². The van der Waals surface area contributed by atoms with E-state index in [4.69, 9.17) is 8.83 Å². The summed E-state index contributed by atoms with van der Waals surface area (Å²) in [5.41, 5.74) is 11.4. The molecule has 0 atom stereocenters. The molecule has 0 spiro atoms. The van der Waals surface area contributed by atoms with Crippen LogP contribution < -0.4 is 15.0 Å². The summed E-state index contributed by atoms with van der Waals surface area (Å²) in [5, 5.41) is 10.3. The first-order valence-corrected chi connectivity index (χ1v) is 23.8. The summed E-state index contributed by atoms with van der Waals surface area (Å²) in [7, 11) is -1.52. The first kappa shape index (κ1) is 35.1. The number of fused-ring (bicyclic) bond motifs is 8. The maximum atomic E-state index is 6.68. The van der Waals surface area contributed by atoms with Gasteiger partial charge in [0.15, 0.2) is 0 Å². The number of furan rings is 2. The Morgan fingerprint density at radius 3 is 1.25 bits per heavy atom. The van der Waals surface area contributed by atoms with Gasteiger partial charge >= 0.3 is 0 Å². The fourth-order valence-electron chi connectivity index (χ4n) is 8.71. The number of hydrogen-bond donors (Lipinski definition) is 0. The molecule has 0 aliphatic carbocycles. The van der Waals surface area contributed by atoms with Gasteiger partial charge in [-0.25, -0.2) is 0 Å². The molecule has 2 aromatic heterocycles. The molecule has 4 nitrogen and oxygen atoms in total. The summed E-state index contributed by atoms with van der Waals surface area (Å²) in [6, 6.07) is 65.5. The molecule has 0 saturated heterocycles. The second-order valence-corrected chi connectivity index (χ2v) is 21.9. The molecule has 11 rings (SSSR count). The van der Waals surface area contributed by atoms with Crippen LogP contribution in [0.25, 0.3) is 65.4 Å².